The third-order valence-electron chi connectivity index (χ3n) is 4.73. The highest BCUT2D eigenvalue weighted by atomic mass is 32.2. The van der Waals surface area contributed by atoms with Crippen LogP contribution in [0.2, 0.25) is 0 Å². The standard InChI is InChI=1S/C22H24N4O6S2/c1-5-14(33-20-22(30)32-25-26(20)4)17(27)24-19-15(21(29)31-6-2)12(3)16(34-19)18(28)23-13-10-8-7-9-11-13/h7-11,14H,5-6H2,1-4H3,(H2-,23,24,25,27,28,29,30). The lowest BCUT2D eigenvalue weighted by Crippen LogP contribution is -2.34. The van der Waals surface area contributed by atoms with Crippen molar-refractivity contribution in [1.29, 1.82) is 0 Å². The van der Waals surface area contributed by atoms with E-state index in [4.69, 9.17) is 4.74 Å². The highest BCUT2D eigenvalue weighted by Gasteiger charge is 2.30. The summed E-state index contributed by atoms with van der Waals surface area (Å²) >= 11 is 2.00. The van der Waals surface area contributed by atoms with Crippen LogP contribution in [-0.4, -0.2) is 34.9 Å². The molecule has 3 rings (SSSR count). The predicted octanol–water partition coefficient (Wildman–Crippen LogP) is 2.88. The Labute approximate surface area is 204 Å². The van der Waals surface area contributed by atoms with E-state index < -0.39 is 29.0 Å². The third-order valence-corrected chi connectivity index (χ3v) is 7.42. The number of carbonyl (C=O) groups is 3. The fraction of sp³-hybridized carbons (Fsp3) is 0.318. The van der Waals surface area contributed by atoms with Gasteiger partial charge in [-0.25, -0.2) is 4.79 Å². The number of thioether (sulfide) groups is 1. The number of hydrogen-bond acceptors (Lipinski definition) is 9. The average Bonchev–Trinajstić information content (AvgIpc) is 3.30. The Hall–Kier alpha value is -3.38. The normalized spacial score (nSPS) is 11.6. The number of nitrogens with one attached hydrogen (secondary N) is 2. The number of hydrogen-bond donors (Lipinski definition) is 2. The van der Waals surface area contributed by atoms with E-state index in [-0.39, 0.29) is 27.1 Å². The van der Waals surface area contributed by atoms with Crippen LogP contribution >= 0.6 is 23.1 Å². The molecule has 2 amide bonds. The molecule has 0 aliphatic carbocycles. The quantitative estimate of drug-likeness (QED) is 0.258. The lowest BCUT2D eigenvalue weighted by molar-refractivity contribution is -0.772. The SMILES string of the molecule is CCOC(=O)c1c(NC(=O)C(CC)Sc2c([O-])on[n+]2C)sc(C(=O)Nc2ccccc2)c1C. The van der Waals surface area contributed by atoms with Gasteiger partial charge in [0.15, 0.2) is 13.0 Å². The molecule has 0 bridgehead atoms. The molecule has 2 heterocycles. The van der Waals surface area contributed by atoms with Crippen molar-refractivity contribution in [3.05, 3.63) is 46.3 Å². The molecule has 2 N–H and O–H groups in total. The van der Waals surface area contributed by atoms with E-state index in [1.165, 1.54) is 11.7 Å². The van der Waals surface area contributed by atoms with Crippen molar-refractivity contribution in [3.8, 4) is 5.95 Å². The van der Waals surface area contributed by atoms with Gasteiger partial charge in [0.05, 0.1) is 27.6 Å². The summed E-state index contributed by atoms with van der Waals surface area (Å²) in [6, 6.07) is 8.90. The second-order valence-electron chi connectivity index (χ2n) is 7.09. The van der Waals surface area contributed by atoms with Gasteiger partial charge in [-0.15, -0.1) is 11.3 Å². The predicted molar refractivity (Wildman–Crippen MR) is 125 cm³/mol. The first-order valence-electron chi connectivity index (χ1n) is 10.4. The van der Waals surface area contributed by atoms with Crippen LogP contribution in [0.4, 0.5) is 10.7 Å². The number of carbonyl (C=O) groups excluding carboxylic acids is 3. The zero-order valence-corrected chi connectivity index (χ0v) is 20.7. The van der Waals surface area contributed by atoms with Crippen molar-refractivity contribution >= 4 is 51.6 Å². The van der Waals surface area contributed by atoms with Crippen LogP contribution in [0, 0.1) is 6.92 Å². The summed E-state index contributed by atoms with van der Waals surface area (Å²) in [5.41, 5.74) is 1.12. The number of anilines is 2. The minimum Gasteiger partial charge on any atom is -0.538 e. The monoisotopic (exact) mass is 504 g/mol. The zero-order valence-electron chi connectivity index (χ0n) is 19.0. The van der Waals surface area contributed by atoms with Crippen molar-refractivity contribution in [3.63, 3.8) is 0 Å². The molecule has 1 atom stereocenters. The molecule has 0 saturated heterocycles. The number of thiophene rings is 1. The van der Waals surface area contributed by atoms with Gasteiger partial charge < -0.3 is 25.0 Å². The van der Waals surface area contributed by atoms with E-state index in [2.05, 4.69) is 20.4 Å². The number of aryl methyl sites for hydroxylation is 1. The van der Waals surface area contributed by atoms with E-state index >= 15 is 0 Å². The molecule has 10 nitrogen and oxygen atoms in total. The molecule has 0 fully saturated rings. The largest absolute Gasteiger partial charge is 0.538 e. The van der Waals surface area contributed by atoms with Crippen LogP contribution in [0.15, 0.2) is 39.9 Å². The maximum Gasteiger partial charge on any atom is 0.341 e. The van der Waals surface area contributed by atoms with Crippen LogP contribution in [-0.2, 0) is 16.6 Å². The minimum atomic E-state index is -0.669. The Morgan fingerprint density at radius 2 is 1.94 bits per heavy atom. The van der Waals surface area contributed by atoms with Gasteiger partial charge in [0.25, 0.3) is 10.9 Å². The van der Waals surface area contributed by atoms with Crippen molar-refractivity contribution in [2.75, 3.05) is 17.2 Å². The maximum absolute atomic E-state index is 13.1. The molecule has 0 spiro atoms. The summed E-state index contributed by atoms with van der Waals surface area (Å²) in [5.74, 6) is -2.13. The molecule has 0 saturated carbocycles. The second kappa shape index (κ2) is 11.2. The van der Waals surface area contributed by atoms with Crippen LogP contribution in [0.5, 0.6) is 5.95 Å². The van der Waals surface area contributed by atoms with Crippen molar-refractivity contribution < 1.29 is 33.4 Å². The van der Waals surface area contributed by atoms with Gasteiger partial charge in [-0.2, -0.15) is 0 Å². The van der Waals surface area contributed by atoms with Gasteiger partial charge in [-0.05, 0) is 49.7 Å². The molecule has 34 heavy (non-hydrogen) atoms. The molecule has 180 valence electrons. The molecule has 1 aromatic carbocycles. The molecular weight excluding hydrogens is 480 g/mol. The van der Waals surface area contributed by atoms with E-state index in [0.29, 0.717) is 17.7 Å². The number of aromatic nitrogens is 2. The summed E-state index contributed by atoms with van der Waals surface area (Å²) in [4.78, 5) is 38.9. The Kier molecular flexibility index (Phi) is 8.29. The van der Waals surface area contributed by atoms with E-state index in [0.717, 1.165) is 23.1 Å². The fourth-order valence-corrected chi connectivity index (χ4v) is 5.07. The highest BCUT2D eigenvalue weighted by Crippen LogP contribution is 2.36. The molecule has 12 heteroatoms. The number of esters is 1. The topological polar surface area (TPSA) is 137 Å². The number of benzene rings is 1. The lowest BCUT2D eigenvalue weighted by atomic mass is 10.1. The molecule has 3 aromatic rings. The number of ether oxygens (including phenoxy) is 1. The van der Waals surface area contributed by atoms with Crippen LogP contribution in [0.25, 0.3) is 0 Å². The molecule has 1 unspecified atom stereocenters. The average molecular weight is 505 g/mol. The minimum absolute atomic E-state index is 0.123. The fourth-order valence-electron chi connectivity index (χ4n) is 3.06. The molecular formula is C22H24N4O6S2. The number of amides is 2. The maximum atomic E-state index is 13.1. The summed E-state index contributed by atoms with van der Waals surface area (Å²) in [7, 11) is 1.54. The number of para-hydroxylation sites is 1. The zero-order chi connectivity index (χ0) is 24.8. The van der Waals surface area contributed by atoms with Gasteiger partial charge in [0, 0.05) is 5.69 Å². The number of nitrogens with zero attached hydrogens (tertiary/aromatic N) is 2. The first-order valence-corrected chi connectivity index (χ1v) is 12.1. The highest BCUT2D eigenvalue weighted by molar-refractivity contribution is 8.00. The van der Waals surface area contributed by atoms with Crippen LogP contribution < -0.4 is 20.4 Å². The first kappa shape index (κ1) is 25.2. The molecule has 2 aromatic heterocycles. The Morgan fingerprint density at radius 3 is 2.53 bits per heavy atom. The van der Waals surface area contributed by atoms with Crippen molar-refractivity contribution in [2.24, 2.45) is 7.05 Å². The Bertz CT molecular complexity index is 1170. The van der Waals surface area contributed by atoms with Gasteiger partial charge in [0.2, 0.25) is 5.91 Å². The molecule has 0 aliphatic rings. The van der Waals surface area contributed by atoms with E-state index in [1.54, 1.807) is 45.0 Å². The molecule has 0 aliphatic heterocycles. The third kappa shape index (κ3) is 5.57. The van der Waals surface area contributed by atoms with Crippen LogP contribution in [0.3, 0.4) is 0 Å². The van der Waals surface area contributed by atoms with Gasteiger partial charge in [-0.1, -0.05) is 29.8 Å². The molecule has 0 radical (unpaired) electrons. The summed E-state index contributed by atoms with van der Waals surface area (Å²) < 4.78 is 11.0. The summed E-state index contributed by atoms with van der Waals surface area (Å²) in [5, 5.41) is 20.6. The Morgan fingerprint density at radius 1 is 1.24 bits per heavy atom. The van der Waals surface area contributed by atoms with E-state index in [9.17, 15) is 19.5 Å². The number of rotatable bonds is 9. The van der Waals surface area contributed by atoms with Gasteiger partial charge >= 0.3 is 5.97 Å². The summed E-state index contributed by atoms with van der Waals surface area (Å²) in [6.45, 7) is 5.23. The Balaban J connectivity index is 1.89. The lowest BCUT2D eigenvalue weighted by Gasteiger charge is -2.13. The first-order chi connectivity index (χ1) is 16.3. The van der Waals surface area contributed by atoms with Crippen molar-refractivity contribution in [2.45, 2.75) is 37.5 Å². The summed E-state index contributed by atoms with van der Waals surface area (Å²) in [6.07, 6.45) is 0.390. The smallest absolute Gasteiger partial charge is 0.341 e. The van der Waals surface area contributed by atoms with Gasteiger partial charge in [0.1, 0.15) is 5.00 Å². The van der Waals surface area contributed by atoms with Crippen LogP contribution in [0.1, 0.15) is 45.9 Å². The van der Waals surface area contributed by atoms with E-state index in [1.807, 2.05) is 6.07 Å². The van der Waals surface area contributed by atoms with Gasteiger partial charge in [-0.3, -0.25) is 9.59 Å². The van der Waals surface area contributed by atoms with Crippen molar-refractivity contribution in [1.82, 2.24) is 5.27 Å². The second-order valence-corrected chi connectivity index (χ2v) is 9.31.